The van der Waals surface area contributed by atoms with E-state index < -0.39 is 0 Å². The zero-order valence-corrected chi connectivity index (χ0v) is 16.6. The maximum atomic E-state index is 12.7. The molecule has 2 amide bonds. The summed E-state index contributed by atoms with van der Waals surface area (Å²) in [7, 11) is 0. The number of carbonyl (C=O) groups is 2. The third-order valence-electron chi connectivity index (χ3n) is 5.40. The molecule has 2 saturated heterocycles. The highest BCUT2D eigenvalue weighted by atomic mass is 16.5. The lowest BCUT2D eigenvalue weighted by Gasteiger charge is -2.32. The molecule has 2 fully saturated rings. The van der Waals surface area contributed by atoms with Crippen molar-refractivity contribution in [2.75, 3.05) is 45.8 Å². The van der Waals surface area contributed by atoms with Gasteiger partial charge in [0.15, 0.2) is 6.54 Å². The fraction of sp³-hybridized carbons (Fsp3) is 0.619. The third kappa shape index (κ3) is 5.53. The van der Waals surface area contributed by atoms with Crippen molar-refractivity contribution >= 4 is 11.8 Å². The molecule has 0 aromatic heterocycles. The lowest BCUT2D eigenvalue weighted by molar-refractivity contribution is -0.896. The molecule has 148 valence electrons. The summed E-state index contributed by atoms with van der Waals surface area (Å²) in [5, 5.41) is 0. The molecular formula is C21H32N3O3+. The van der Waals surface area contributed by atoms with Crippen LogP contribution in [0, 0.1) is 0 Å². The van der Waals surface area contributed by atoms with Crippen molar-refractivity contribution in [1.29, 1.82) is 0 Å². The van der Waals surface area contributed by atoms with E-state index >= 15 is 0 Å². The average Bonchev–Trinajstić information content (AvgIpc) is 3.22. The van der Waals surface area contributed by atoms with Crippen LogP contribution in [0.2, 0.25) is 0 Å². The normalized spacial score (nSPS) is 18.3. The van der Waals surface area contributed by atoms with Crippen LogP contribution >= 0.6 is 0 Å². The Morgan fingerprint density at radius 1 is 1.00 bits per heavy atom. The summed E-state index contributed by atoms with van der Waals surface area (Å²) in [6.07, 6.45) is 2.46. The first-order chi connectivity index (χ1) is 13.0. The number of benzene rings is 1. The summed E-state index contributed by atoms with van der Waals surface area (Å²) in [5.41, 5.74) is 1.80. The smallest absolute Gasteiger partial charge is 0.277 e. The second-order valence-corrected chi connectivity index (χ2v) is 7.86. The first-order valence-corrected chi connectivity index (χ1v) is 10.1. The Balaban J connectivity index is 1.45. The van der Waals surface area contributed by atoms with E-state index in [2.05, 4.69) is 0 Å². The molecule has 0 saturated carbocycles. The number of rotatable bonds is 6. The average molecular weight is 375 g/mol. The van der Waals surface area contributed by atoms with E-state index in [1.165, 1.54) is 4.90 Å². The molecule has 2 heterocycles. The minimum absolute atomic E-state index is 0.0799. The molecule has 6 heteroatoms. The van der Waals surface area contributed by atoms with Gasteiger partial charge in [-0.3, -0.25) is 9.59 Å². The molecule has 1 aromatic rings. The van der Waals surface area contributed by atoms with Gasteiger partial charge in [0.2, 0.25) is 0 Å². The van der Waals surface area contributed by atoms with E-state index in [0.717, 1.165) is 50.1 Å². The van der Waals surface area contributed by atoms with Crippen molar-refractivity contribution < 1.29 is 19.2 Å². The molecular weight excluding hydrogens is 342 g/mol. The third-order valence-corrected chi connectivity index (χ3v) is 5.40. The zero-order valence-electron chi connectivity index (χ0n) is 16.6. The molecule has 0 bridgehead atoms. The van der Waals surface area contributed by atoms with Gasteiger partial charge in [-0.15, -0.1) is 0 Å². The number of amides is 2. The molecule has 6 nitrogen and oxygen atoms in total. The fourth-order valence-corrected chi connectivity index (χ4v) is 3.68. The Bertz CT molecular complexity index is 631. The zero-order chi connectivity index (χ0) is 19.2. The Morgan fingerprint density at radius 2 is 1.63 bits per heavy atom. The van der Waals surface area contributed by atoms with Gasteiger partial charge in [0, 0.05) is 18.7 Å². The second-order valence-electron chi connectivity index (χ2n) is 7.86. The van der Waals surface area contributed by atoms with Crippen molar-refractivity contribution in [1.82, 2.24) is 9.80 Å². The maximum Gasteiger partial charge on any atom is 0.277 e. The summed E-state index contributed by atoms with van der Waals surface area (Å²) < 4.78 is 5.60. The number of hydrogen-bond acceptors (Lipinski definition) is 3. The van der Waals surface area contributed by atoms with Crippen LogP contribution in [0.3, 0.4) is 0 Å². The Morgan fingerprint density at radius 3 is 2.22 bits per heavy atom. The van der Waals surface area contributed by atoms with Crippen LogP contribution in [-0.2, 0) is 16.1 Å². The molecule has 0 unspecified atom stereocenters. The molecule has 2 aliphatic rings. The van der Waals surface area contributed by atoms with E-state index in [4.69, 9.17) is 4.74 Å². The highest BCUT2D eigenvalue weighted by Crippen LogP contribution is 2.10. The van der Waals surface area contributed by atoms with E-state index in [0.29, 0.717) is 26.2 Å². The van der Waals surface area contributed by atoms with Gasteiger partial charge in [0.1, 0.15) is 0 Å². The SMILES string of the molecule is CC(C)OCc1ccc(C(=O)N2CC[NH+](CC(=O)N3CCCC3)CC2)cc1. The molecule has 3 rings (SSSR count). The Kier molecular flexibility index (Phi) is 6.85. The minimum Gasteiger partial charge on any atom is -0.374 e. The molecule has 1 aromatic carbocycles. The summed E-state index contributed by atoms with van der Waals surface area (Å²) in [4.78, 5) is 30.2. The van der Waals surface area contributed by atoms with Gasteiger partial charge in [0.25, 0.3) is 11.8 Å². The van der Waals surface area contributed by atoms with E-state index in [1.54, 1.807) is 0 Å². The lowest BCUT2D eigenvalue weighted by Crippen LogP contribution is -3.15. The van der Waals surface area contributed by atoms with Crippen LogP contribution in [0.4, 0.5) is 0 Å². The van der Waals surface area contributed by atoms with E-state index in [1.807, 2.05) is 47.9 Å². The molecule has 0 aliphatic carbocycles. The van der Waals surface area contributed by atoms with E-state index in [9.17, 15) is 9.59 Å². The molecule has 1 N–H and O–H groups in total. The summed E-state index contributed by atoms with van der Waals surface area (Å²) in [5.74, 6) is 0.345. The van der Waals surface area contributed by atoms with Crippen molar-refractivity contribution in [3.63, 3.8) is 0 Å². The predicted molar refractivity (Wildman–Crippen MR) is 104 cm³/mol. The second kappa shape index (κ2) is 9.33. The molecule has 2 aliphatic heterocycles. The van der Waals surface area contributed by atoms with E-state index in [-0.39, 0.29) is 17.9 Å². The van der Waals surface area contributed by atoms with Crippen LogP contribution in [0.25, 0.3) is 0 Å². The highest BCUT2D eigenvalue weighted by molar-refractivity contribution is 5.94. The minimum atomic E-state index is 0.0799. The quantitative estimate of drug-likeness (QED) is 0.792. The number of ether oxygens (including phenoxy) is 1. The monoisotopic (exact) mass is 374 g/mol. The van der Waals surface area contributed by atoms with Gasteiger partial charge < -0.3 is 19.4 Å². The van der Waals surface area contributed by atoms with Crippen LogP contribution in [-0.4, -0.2) is 73.5 Å². The Labute approximate surface area is 162 Å². The predicted octanol–water partition coefficient (Wildman–Crippen LogP) is 0.575. The summed E-state index contributed by atoms with van der Waals surface area (Å²) >= 11 is 0. The fourth-order valence-electron chi connectivity index (χ4n) is 3.68. The van der Waals surface area contributed by atoms with Crippen LogP contribution in [0.15, 0.2) is 24.3 Å². The molecule has 27 heavy (non-hydrogen) atoms. The van der Waals surface area contributed by atoms with Gasteiger partial charge >= 0.3 is 0 Å². The largest absolute Gasteiger partial charge is 0.374 e. The van der Waals surface area contributed by atoms with Crippen LogP contribution in [0.1, 0.15) is 42.6 Å². The number of likely N-dealkylation sites (tertiary alicyclic amines) is 1. The number of quaternary nitrogens is 1. The number of nitrogens with one attached hydrogen (secondary N) is 1. The van der Waals surface area contributed by atoms with Crippen molar-refractivity contribution in [3.8, 4) is 0 Å². The van der Waals surface area contributed by atoms with Crippen LogP contribution < -0.4 is 4.90 Å². The van der Waals surface area contributed by atoms with Gasteiger partial charge in [-0.2, -0.15) is 0 Å². The van der Waals surface area contributed by atoms with Crippen molar-refractivity contribution in [3.05, 3.63) is 35.4 Å². The van der Waals surface area contributed by atoms with Gasteiger partial charge in [-0.05, 0) is 44.4 Å². The summed E-state index contributed by atoms with van der Waals surface area (Å²) in [6, 6.07) is 7.70. The number of carbonyl (C=O) groups excluding carboxylic acids is 2. The maximum absolute atomic E-state index is 12.7. The van der Waals surface area contributed by atoms with Crippen molar-refractivity contribution in [2.45, 2.75) is 39.4 Å². The topological polar surface area (TPSA) is 54.3 Å². The number of piperazine rings is 1. The standard InChI is InChI=1S/C21H31N3O3/c1-17(2)27-16-18-5-7-19(8-6-18)21(26)24-13-11-22(12-14-24)15-20(25)23-9-3-4-10-23/h5-8,17H,3-4,9-16H2,1-2H3/p+1. The lowest BCUT2D eigenvalue weighted by atomic mass is 10.1. The van der Waals surface area contributed by atoms with Gasteiger partial charge in [-0.25, -0.2) is 0 Å². The highest BCUT2D eigenvalue weighted by Gasteiger charge is 2.28. The molecule has 0 spiro atoms. The molecule has 0 atom stereocenters. The van der Waals surface area contributed by atoms with Gasteiger partial charge in [0.05, 0.1) is 38.9 Å². The molecule has 0 radical (unpaired) electrons. The first kappa shape index (κ1) is 19.8. The Hall–Kier alpha value is -1.92. The number of hydrogen-bond donors (Lipinski definition) is 1. The van der Waals surface area contributed by atoms with Crippen LogP contribution in [0.5, 0.6) is 0 Å². The van der Waals surface area contributed by atoms with Crippen molar-refractivity contribution in [2.24, 2.45) is 0 Å². The van der Waals surface area contributed by atoms with Gasteiger partial charge in [-0.1, -0.05) is 12.1 Å². The first-order valence-electron chi connectivity index (χ1n) is 10.1. The number of nitrogens with zero attached hydrogens (tertiary/aromatic N) is 2. The summed E-state index contributed by atoms with van der Waals surface area (Å²) in [6.45, 7) is 10.1.